The Kier molecular flexibility index (Phi) is 1.92. The first-order chi connectivity index (χ1) is 5.66. The van der Waals surface area contributed by atoms with Crippen LogP contribution in [0.2, 0.25) is 0 Å². The van der Waals surface area contributed by atoms with Crippen LogP contribution < -0.4 is 5.56 Å². The van der Waals surface area contributed by atoms with Gasteiger partial charge in [0.05, 0.1) is 5.56 Å². The molecule has 0 aliphatic rings. The second kappa shape index (κ2) is 2.88. The summed E-state index contributed by atoms with van der Waals surface area (Å²) in [5.41, 5.74) is -1.41. The molecule has 0 unspecified atom stereocenters. The number of nitrogens with zero attached hydrogens (tertiary/aromatic N) is 1. The van der Waals surface area contributed by atoms with E-state index in [0.717, 1.165) is 0 Å². The van der Waals surface area contributed by atoms with Crippen LogP contribution in [0.25, 0.3) is 0 Å². The molecule has 1 aromatic heterocycles. The minimum atomic E-state index is -1.39. The average Bonchev–Trinajstić information content (AvgIpc) is 2.03. The summed E-state index contributed by atoms with van der Waals surface area (Å²) < 4.78 is 0. The van der Waals surface area contributed by atoms with Crippen molar-refractivity contribution in [2.45, 2.75) is 0 Å². The number of hydrogen-bond acceptors (Lipinski definition) is 3. The van der Waals surface area contributed by atoms with Gasteiger partial charge in [0.1, 0.15) is 11.6 Å². The predicted molar refractivity (Wildman–Crippen MR) is 38.7 cm³/mol. The number of pyridine rings is 1. The summed E-state index contributed by atoms with van der Waals surface area (Å²) in [6.07, 6.45) is 1.23. The highest BCUT2D eigenvalue weighted by molar-refractivity contribution is 5.89. The van der Waals surface area contributed by atoms with Crippen LogP contribution in [0.4, 0.5) is 0 Å². The van der Waals surface area contributed by atoms with Crippen LogP contribution in [0.1, 0.15) is 15.9 Å². The van der Waals surface area contributed by atoms with Crippen LogP contribution >= 0.6 is 0 Å². The number of nitriles is 1. The van der Waals surface area contributed by atoms with Crippen LogP contribution in [-0.4, -0.2) is 16.1 Å². The zero-order chi connectivity index (χ0) is 9.14. The number of aromatic nitrogens is 1. The van der Waals surface area contributed by atoms with Gasteiger partial charge in [-0.25, -0.2) is 4.79 Å². The molecular weight excluding hydrogens is 160 g/mol. The smallest absolute Gasteiger partial charge is 0.342 e. The highest BCUT2D eigenvalue weighted by atomic mass is 16.4. The molecule has 1 heterocycles. The van der Waals surface area contributed by atoms with Crippen LogP contribution in [0, 0.1) is 11.3 Å². The summed E-state index contributed by atoms with van der Waals surface area (Å²) in [6.45, 7) is 0. The Morgan fingerprint density at radius 3 is 2.75 bits per heavy atom. The molecule has 0 fully saturated rings. The number of H-pyrrole nitrogens is 1. The number of nitrogens with one attached hydrogen (secondary N) is 1. The van der Waals surface area contributed by atoms with Gasteiger partial charge in [-0.1, -0.05) is 0 Å². The molecule has 5 nitrogen and oxygen atoms in total. The van der Waals surface area contributed by atoms with E-state index in [-0.39, 0.29) is 5.56 Å². The third kappa shape index (κ3) is 1.18. The molecule has 0 aromatic carbocycles. The summed E-state index contributed by atoms with van der Waals surface area (Å²) in [4.78, 5) is 23.5. The molecule has 0 bridgehead atoms. The Labute approximate surface area is 66.9 Å². The van der Waals surface area contributed by atoms with E-state index < -0.39 is 17.1 Å². The quantitative estimate of drug-likeness (QED) is 0.608. The van der Waals surface area contributed by atoms with Gasteiger partial charge >= 0.3 is 5.97 Å². The van der Waals surface area contributed by atoms with Crippen molar-refractivity contribution in [2.24, 2.45) is 0 Å². The van der Waals surface area contributed by atoms with Crippen molar-refractivity contribution in [2.75, 3.05) is 0 Å². The number of carboxylic acid groups (broad SMARTS) is 1. The van der Waals surface area contributed by atoms with E-state index in [0.29, 0.717) is 0 Å². The van der Waals surface area contributed by atoms with E-state index in [9.17, 15) is 9.59 Å². The number of carbonyl (C=O) groups is 1. The first-order valence-corrected chi connectivity index (χ1v) is 3.02. The molecule has 0 aliphatic heterocycles. The molecule has 2 N–H and O–H groups in total. The molecule has 5 heteroatoms. The lowest BCUT2D eigenvalue weighted by Gasteiger charge is -1.93. The lowest BCUT2D eigenvalue weighted by molar-refractivity contribution is 0.0694. The molecule has 0 saturated carbocycles. The molecule has 60 valence electrons. The van der Waals surface area contributed by atoms with Crippen molar-refractivity contribution in [1.82, 2.24) is 4.98 Å². The molecule has 0 spiro atoms. The van der Waals surface area contributed by atoms with Crippen molar-refractivity contribution in [3.63, 3.8) is 0 Å². The van der Waals surface area contributed by atoms with E-state index in [1.165, 1.54) is 12.3 Å². The SMILES string of the molecule is N#Cc1cc[nH]c(=O)c1C(=O)O. The molecule has 0 aliphatic carbocycles. The molecule has 0 radical (unpaired) electrons. The Morgan fingerprint density at radius 2 is 2.33 bits per heavy atom. The molecule has 0 atom stereocenters. The maximum absolute atomic E-state index is 10.9. The van der Waals surface area contributed by atoms with Crippen molar-refractivity contribution in [1.29, 1.82) is 5.26 Å². The summed E-state index contributed by atoms with van der Waals surface area (Å²) in [7, 11) is 0. The van der Waals surface area contributed by atoms with Crippen molar-refractivity contribution in [3.05, 3.63) is 33.7 Å². The van der Waals surface area contributed by atoms with Gasteiger partial charge in [-0.2, -0.15) is 5.26 Å². The Balaban J connectivity index is 3.54. The molecule has 12 heavy (non-hydrogen) atoms. The van der Waals surface area contributed by atoms with E-state index >= 15 is 0 Å². The van der Waals surface area contributed by atoms with Crippen LogP contribution in [0.5, 0.6) is 0 Å². The fraction of sp³-hybridized carbons (Fsp3) is 0. The third-order valence-electron chi connectivity index (χ3n) is 1.30. The first kappa shape index (κ1) is 8.01. The number of aromatic amines is 1. The highest BCUT2D eigenvalue weighted by Gasteiger charge is 2.13. The number of carboxylic acids is 1. The van der Waals surface area contributed by atoms with Crippen LogP contribution in [-0.2, 0) is 0 Å². The predicted octanol–water partition coefficient (Wildman–Crippen LogP) is -0.0552. The van der Waals surface area contributed by atoms with E-state index in [4.69, 9.17) is 10.4 Å². The maximum atomic E-state index is 10.9. The van der Waals surface area contributed by atoms with Gasteiger partial charge in [-0.3, -0.25) is 4.79 Å². The average molecular weight is 164 g/mol. The fourth-order valence-electron chi connectivity index (χ4n) is 0.784. The van der Waals surface area contributed by atoms with Gasteiger partial charge in [-0.05, 0) is 6.07 Å². The van der Waals surface area contributed by atoms with Crippen LogP contribution in [0.3, 0.4) is 0 Å². The molecule has 0 amide bonds. The zero-order valence-corrected chi connectivity index (χ0v) is 5.87. The summed E-state index contributed by atoms with van der Waals surface area (Å²) in [5.74, 6) is -1.39. The van der Waals surface area contributed by atoms with Gasteiger partial charge in [0.15, 0.2) is 0 Å². The molecule has 1 rings (SSSR count). The summed E-state index contributed by atoms with van der Waals surface area (Å²) in [6, 6.07) is 2.86. The normalized spacial score (nSPS) is 8.92. The van der Waals surface area contributed by atoms with Gasteiger partial charge in [-0.15, -0.1) is 0 Å². The topological polar surface area (TPSA) is 94.0 Å². The number of hydrogen-bond donors (Lipinski definition) is 2. The lowest BCUT2D eigenvalue weighted by Crippen LogP contribution is -2.18. The number of rotatable bonds is 1. The van der Waals surface area contributed by atoms with Crippen molar-refractivity contribution < 1.29 is 9.90 Å². The second-order valence-corrected chi connectivity index (χ2v) is 2.01. The van der Waals surface area contributed by atoms with Crippen LogP contribution in [0.15, 0.2) is 17.1 Å². The molecule has 1 aromatic rings. The van der Waals surface area contributed by atoms with Gasteiger partial charge in [0, 0.05) is 6.20 Å². The lowest BCUT2D eigenvalue weighted by atomic mass is 10.1. The Morgan fingerprint density at radius 1 is 1.67 bits per heavy atom. The Bertz CT molecular complexity index is 413. The minimum absolute atomic E-state index is 0.133. The largest absolute Gasteiger partial charge is 0.477 e. The van der Waals surface area contributed by atoms with E-state index in [2.05, 4.69) is 4.98 Å². The third-order valence-corrected chi connectivity index (χ3v) is 1.30. The second-order valence-electron chi connectivity index (χ2n) is 2.01. The van der Waals surface area contributed by atoms with E-state index in [1.54, 1.807) is 6.07 Å². The Hall–Kier alpha value is -2.09. The van der Waals surface area contributed by atoms with Gasteiger partial charge < -0.3 is 10.1 Å². The zero-order valence-electron chi connectivity index (χ0n) is 5.87. The fourth-order valence-corrected chi connectivity index (χ4v) is 0.784. The highest BCUT2D eigenvalue weighted by Crippen LogP contribution is 1.99. The van der Waals surface area contributed by atoms with Crippen molar-refractivity contribution >= 4 is 5.97 Å². The van der Waals surface area contributed by atoms with Crippen molar-refractivity contribution in [3.8, 4) is 6.07 Å². The summed E-state index contributed by atoms with van der Waals surface area (Å²) >= 11 is 0. The molecular formula is C7H4N2O3. The summed E-state index contributed by atoms with van der Waals surface area (Å²) in [5, 5.41) is 16.9. The van der Waals surface area contributed by atoms with Gasteiger partial charge in [0.2, 0.25) is 0 Å². The van der Waals surface area contributed by atoms with E-state index in [1.807, 2.05) is 0 Å². The number of aromatic carboxylic acids is 1. The standard InChI is InChI=1S/C7H4N2O3/c8-3-4-1-2-9-6(10)5(4)7(11)12/h1-2H,(H,9,10)(H,11,12). The monoisotopic (exact) mass is 164 g/mol. The molecule has 0 saturated heterocycles. The minimum Gasteiger partial charge on any atom is -0.477 e. The first-order valence-electron chi connectivity index (χ1n) is 3.02. The van der Waals surface area contributed by atoms with Gasteiger partial charge in [0.25, 0.3) is 5.56 Å². The maximum Gasteiger partial charge on any atom is 0.342 e.